The molecule has 3 N–H and O–H groups in total. The van der Waals surface area contributed by atoms with Gasteiger partial charge in [-0.05, 0) is 38.0 Å². The summed E-state index contributed by atoms with van der Waals surface area (Å²) in [6, 6.07) is 2.14. The van der Waals surface area contributed by atoms with Crippen molar-refractivity contribution in [1.82, 2.24) is 4.31 Å². The zero-order chi connectivity index (χ0) is 20.8. The fourth-order valence-electron chi connectivity index (χ4n) is 2.48. The summed E-state index contributed by atoms with van der Waals surface area (Å²) in [5, 5.41) is 20.5. The van der Waals surface area contributed by atoms with E-state index in [1.54, 1.807) is 0 Å². The van der Waals surface area contributed by atoms with Crippen molar-refractivity contribution in [3.8, 4) is 0 Å². The number of nitrogens with one attached hydrogen (secondary N) is 1. The third-order valence-electron chi connectivity index (χ3n) is 4.32. The summed E-state index contributed by atoms with van der Waals surface area (Å²) in [5.41, 5.74) is -3.91. The summed E-state index contributed by atoms with van der Waals surface area (Å²) in [6.45, 7) is 1.67. The lowest BCUT2D eigenvalue weighted by atomic mass is 10.1. The molecule has 1 fully saturated rings. The first-order chi connectivity index (χ1) is 12.2. The molecule has 27 heavy (non-hydrogen) atoms. The number of carbonyl (C=O) groups is 1. The van der Waals surface area contributed by atoms with Gasteiger partial charge in [0.05, 0.1) is 21.7 Å². The number of hydrogen-bond acceptors (Lipinski definition) is 5. The topological polar surface area (TPSA) is 107 Å². The molecule has 1 aliphatic heterocycles. The van der Waals surface area contributed by atoms with Crippen LogP contribution in [0.5, 0.6) is 0 Å². The maximum Gasteiger partial charge on any atom is 0.426 e. The van der Waals surface area contributed by atoms with Gasteiger partial charge in [0.25, 0.3) is 5.91 Å². The first kappa shape index (κ1) is 21.9. The Bertz CT molecular complexity index is 858. The maximum atomic E-state index is 12.7. The average Bonchev–Trinajstić information content (AvgIpc) is 2.97. The van der Waals surface area contributed by atoms with E-state index in [9.17, 15) is 36.6 Å². The Kier molecular flexibility index (Phi) is 5.84. The number of alkyl halides is 3. The quantitative estimate of drug-likeness (QED) is 0.673. The normalized spacial score (nSPS) is 21.1. The number of halogens is 4. The number of aliphatic hydroxyl groups excluding tert-OH is 1. The molecule has 0 saturated carbocycles. The maximum absolute atomic E-state index is 12.7. The van der Waals surface area contributed by atoms with Crippen LogP contribution in [0.25, 0.3) is 0 Å². The Hall–Kier alpha value is -1.40. The molecule has 2 rings (SSSR count). The number of β-amino-alcohol motifs (C(OH)–C–C–N with tert-alkyl or cyclic N) is 1. The predicted octanol–water partition coefficient (Wildman–Crippen LogP) is 1.66. The van der Waals surface area contributed by atoms with Crippen LogP contribution in [0.4, 0.5) is 18.9 Å². The van der Waals surface area contributed by atoms with Crippen LogP contribution in [0.2, 0.25) is 5.02 Å². The first-order valence-corrected chi connectivity index (χ1v) is 9.59. The van der Waals surface area contributed by atoms with Crippen molar-refractivity contribution in [2.45, 2.75) is 43.0 Å². The van der Waals surface area contributed by atoms with Crippen molar-refractivity contribution in [3.63, 3.8) is 0 Å². The van der Waals surface area contributed by atoms with Gasteiger partial charge in [0.2, 0.25) is 15.6 Å². The third kappa shape index (κ3) is 4.06. The minimum Gasteiger partial charge on any atom is -0.392 e. The van der Waals surface area contributed by atoms with Crippen LogP contribution in [-0.2, 0) is 14.8 Å². The minimum absolute atomic E-state index is 0.0162. The molecule has 1 amide bonds. The summed E-state index contributed by atoms with van der Waals surface area (Å²) >= 11 is 6.04. The number of nitrogens with zero attached hydrogens (tertiary/aromatic N) is 1. The SMILES string of the molecule is Cc1c(S(=O)(=O)N2CCC(O)C2)ccc(NC(=O)C(C)(O)C(F)(F)F)c1Cl. The number of benzene rings is 1. The Morgan fingerprint density at radius 1 is 1.37 bits per heavy atom. The van der Waals surface area contributed by atoms with E-state index in [0.717, 1.165) is 16.4 Å². The van der Waals surface area contributed by atoms with Crippen LogP contribution in [0.15, 0.2) is 17.0 Å². The number of carbonyl (C=O) groups excluding carboxylic acids is 1. The van der Waals surface area contributed by atoms with Crippen molar-refractivity contribution in [3.05, 3.63) is 22.7 Å². The lowest BCUT2D eigenvalue weighted by Gasteiger charge is -2.25. The highest BCUT2D eigenvalue weighted by Gasteiger charge is 2.55. The number of amides is 1. The fraction of sp³-hybridized carbons (Fsp3) is 0.533. The van der Waals surface area contributed by atoms with Gasteiger partial charge in [0.15, 0.2) is 0 Å². The number of aliphatic hydroxyl groups is 2. The lowest BCUT2D eigenvalue weighted by molar-refractivity contribution is -0.242. The highest BCUT2D eigenvalue weighted by molar-refractivity contribution is 7.89. The second-order valence-corrected chi connectivity index (χ2v) is 8.66. The fourth-order valence-corrected chi connectivity index (χ4v) is 4.47. The van der Waals surface area contributed by atoms with Crippen molar-refractivity contribution in [2.75, 3.05) is 18.4 Å². The molecule has 7 nitrogen and oxygen atoms in total. The molecule has 1 heterocycles. The average molecular weight is 431 g/mol. The zero-order valence-electron chi connectivity index (χ0n) is 14.3. The van der Waals surface area contributed by atoms with Crippen LogP contribution in [0.1, 0.15) is 18.9 Å². The molecule has 0 radical (unpaired) electrons. The van der Waals surface area contributed by atoms with Crippen molar-refractivity contribution in [1.29, 1.82) is 0 Å². The molecule has 0 aromatic heterocycles. The molecule has 1 aliphatic rings. The highest BCUT2D eigenvalue weighted by Crippen LogP contribution is 2.35. The molecule has 152 valence electrons. The molecule has 0 aliphatic carbocycles. The van der Waals surface area contributed by atoms with E-state index in [1.807, 2.05) is 5.32 Å². The van der Waals surface area contributed by atoms with Crippen LogP contribution in [-0.4, -0.2) is 59.8 Å². The van der Waals surface area contributed by atoms with E-state index in [1.165, 1.54) is 6.92 Å². The monoisotopic (exact) mass is 430 g/mol. The number of rotatable bonds is 4. The molecular weight excluding hydrogens is 413 g/mol. The summed E-state index contributed by atoms with van der Waals surface area (Å²) in [7, 11) is -3.97. The standard InChI is InChI=1S/C15H18ClF3N2O5S/c1-8-11(27(25,26)21-6-5-9(22)7-21)4-3-10(12(8)16)20-13(23)14(2,24)15(17,18)19/h3-4,9,22,24H,5-7H2,1-2H3,(H,20,23). The zero-order valence-corrected chi connectivity index (χ0v) is 15.9. The van der Waals surface area contributed by atoms with E-state index >= 15 is 0 Å². The second-order valence-electron chi connectivity index (χ2n) is 6.38. The molecule has 2 atom stereocenters. The molecule has 1 saturated heterocycles. The number of hydrogen-bond donors (Lipinski definition) is 3. The molecular formula is C15H18ClF3N2O5S. The van der Waals surface area contributed by atoms with Gasteiger partial charge in [-0.1, -0.05) is 11.6 Å². The second kappa shape index (κ2) is 7.21. The first-order valence-electron chi connectivity index (χ1n) is 7.77. The number of sulfonamides is 1. The van der Waals surface area contributed by atoms with Gasteiger partial charge in [0, 0.05) is 13.1 Å². The molecule has 0 spiro atoms. The van der Waals surface area contributed by atoms with Crippen molar-refractivity contribution < 1.29 is 36.6 Å². The van der Waals surface area contributed by atoms with E-state index in [4.69, 9.17) is 11.6 Å². The Balaban J connectivity index is 2.34. The van der Waals surface area contributed by atoms with Crippen molar-refractivity contribution >= 4 is 33.2 Å². The van der Waals surface area contributed by atoms with E-state index in [2.05, 4.69) is 0 Å². The largest absolute Gasteiger partial charge is 0.426 e. The van der Waals surface area contributed by atoms with Gasteiger partial charge < -0.3 is 15.5 Å². The molecule has 1 aromatic rings. The van der Waals surface area contributed by atoms with E-state index in [0.29, 0.717) is 6.92 Å². The van der Waals surface area contributed by atoms with E-state index in [-0.39, 0.29) is 40.7 Å². The summed E-state index contributed by atoms with van der Waals surface area (Å²) in [4.78, 5) is 11.6. The van der Waals surface area contributed by atoms with Gasteiger partial charge in [-0.25, -0.2) is 8.42 Å². The predicted molar refractivity (Wildman–Crippen MR) is 90.9 cm³/mol. The highest BCUT2D eigenvalue weighted by atomic mass is 35.5. The molecule has 1 aromatic carbocycles. The summed E-state index contributed by atoms with van der Waals surface area (Å²) in [6.07, 6.45) is -5.70. The Morgan fingerprint density at radius 2 is 1.96 bits per heavy atom. The van der Waals surface area contributed by atoms with E-state index < -0.39 is 33.8 Å². The third-order valence-corrected chi connectivity index (χ3v) is 6.82. The van der Waals surface area contributed by atoms with Crippen LogP contribution in [0.3, 0.4) is 0 Å². The van der Waals surface area contributed by atoms with Crippen LogP contribution in [0, 0.1) is 6.92 Å². The Morgan fingerprint density at radius 3 is 2.44 bits per heavy atom. The molecule has 12 heteroatoms. The van der Waals surface area contributed by atoms with Gasteiger partial charge in [-0.2, -0.15) is 17.5 Å². The van der Waals surface area contributed by atoms with Crippen LogP contribution < -0.4 is 5.32 Å². The van der Waals surface area contributed by atoms with Gasteiger partial charge >= 0.3 is 6.18 Å². The molecule has 0 bridgehead atoms. The minimum atomic E-state index is -5.21. The van der Waals surface area contributed by atoms with Gasteiger partial charge in [0.1, 0.15) is 0 Å². The summed E-state index contributed by atoms with van der Waals surface area (Å²) in [5.74, 6) is -1.76. The lowest BCUT2D eigenvalue weighted by Crippen LogP contribution is -2.52. The van der Waals surface area contributed by atoms with Crippen molar-refractivity contribution in [2.24, 2.45) is 0 Å². The Labute approximate surface area is 158 Å². The smallest absolute Gasteiger partial charge is 0.392 e. The van der Waals surface area contributed by atoms with Crippen LogP contribution >= 0.6 is 11.6 Å². The van der Waals surface area contributed by atoms with Gasteiger partial charge in [-0.15, -0.1) is 0 Å². The number of anilines is 1. The summed E-state index contributed by atoms with van der Waals surface area (Å²) < 4.78 is 64.6. The van der Waals surface area contributed by atoms with Gasteiger partial charge in [-0.3, -0.25) is 4.79 Å². The molecule has 2 unspecified atom stereocenters.